The van der Waals surface area contributed by atoms with Gasteiger partial charge in [0, 0.05) is 43.0 Å². The summed E-state index contributed by atoms with van der Waals surface area (Å²) in [5.41, 5.74) is 7.24. The van der Waals surface area contributed by atoms with Crippen LogP contribution in [-0.2, 0) is 19.5 Å². The Balaban J connectivity index is 1.96. The van der Waals surface area contributed by atoms with Gasteiger partial charge >= 0.3 is 0 Å². The van der Waals surface area contributed by atoms with E-state index in [0.29, 0.717) is 12.2 Å². The van der Waals surface area contributed by atoms with Crippen LogP contribution in [0.1, 0.15) is 40.7 Å². The van der Waals surface area contributed by atoms with Crippen LogP contribution >= 0.6 is 0 Å². The van der Waals surface area contributed by atoms with Gasteiger partial charge in [0.15, 0.2) is 5.69 Å². The van der Waals surface area contributed by atoms with Gasteiger partial charge in [-0.1, -0.05) is 19.1 Å². The van der Waals surface area contributed by atoms with Crippen molar-refractivity contribution in [2.24, 2.45) is 5.84 Å². The summed E-state index contributed by atoms with van der Waals surface area (Å²) in [4.78, 5) is 14.4. The van der Waals surface area contributed by atoms with E-state index in [1.807, 2.05) is 4.68 Å². The van der Waals surface area contributed by atoms with E-state index in [2.05, 4.69) is 53.5 Å². The van der Waals surface area contributed by atoms with Crippen molar-refractivity contribution in [3.05, 3.63) is 46.8 Å². The Bertz CT molecular complexity index is 722. The van der Waals surface area contributed by atoms with Crippen molar-refractivity contribution in [1.29, 1.82) is 0 Å². The maximum absolute atomic E-state index is 12.1. The number of nitrogen functional groups attached to an aromatic ring is 1. The second-order valence-electron chi connectivity index (χ2n) is 5.98. The predicted molar refractivity (Wildman–Crippen MR) is 90.1 cm³/mol. The lowest BCUT2D eigenvalue weighted by Gasteiger charge is -2.30. The number of fused-ring (bicyclic) bond motifs is 1. The minimum Gasteiger partial charge on any atom is -0.367 e. The number of aryl methyl sites for hydroxylation is 2. The third-order valence-electron chi connectivity index (χ3n) is 4.28. The average molecular weight is 313 g/mol. The van der Waals surface area contributed by atoms with Crippen LogP contribution in [0.2, 0.25) is 0 Å². The van der Waals surface area contributed by atoms with E-state index >= 15 is 0 Å². The number of benzene rings is 1. The summed E-state index contributed by atoms with van der Waals surface area (Å²) in [6.07, 6.45) is 1.87. The minimum absolute atomic E-state index is 0.317. The first kappa shape index (κ1) is 15.6. The molecule has 0 bridgehead atoms. The summed E-state index contributed by atoms with van der Waals surface area (Å²) < 4.78 is 1.97. The molecule has 3 N–H and O–H groups in total. The second-order valence-corrected chi connectivity index (χ2v) is 5.98. The molecule has 0 fully saturated rings. The van der Waals surface area contributed by atoms with Crippen LogP contribution in [-0.4, -0.2) is 22.2 Å². The number of amides is 1. The van der Waals surface area contributed by atoms with Gasteiger partial charge in [0.25, 0.3) is 5.91 Å². The summed E-state index contributed by atoms with van der Waals surface area (Å²) in [5.74, 6) is 5.01. The molecule has 0 spiro atoms. The third-order valence-corrected chi connectivity index (χ3v) is 4.28. The van der Waals surface area contributed by atoms with E-state index < -0.39 is 0 Å². The number of anilines is 1. The van der Waals surface area contributed by atoms with Crippen LogP contribution in [0.15, 0.2) is 24.3 Å². The molecule has 23 heavy (non-hydrogen) atoms. The van der Waals surface area contributed by atoms with E-state index in [1.165, 1.54) is 11.3 Å². The van der Waals surface area contributed by atoms with Crippen molar-refractivity contribution >= 4 is 11.6 Å². The van der Waals surface area contributed by atoms with Crippen molar-refractivity contribution in [3.8, 4) is 0 Å². The number of nitrogens with one attached hydrogen (secondary N) is 1. The zero-order chi connectivity index (χ0) is 16.4. The number of hydrazine groups is 1. The van der Waals surface area contributed by atoms with Gasteiger partial charge < -0.3 is 4.90 Å². The van der Waals surface area contributed by atoms with Gasteiger partial charge in [-0.25, -0.2) is 5.84 Å². The molecule has 122 valence electrons. The highest BCUT2D eigenvalue weighted by molar-refractivity contribution is 5.93. The first-order valence-corrected chi connectivity index (χ1v) is 8.05. The summed E-state index contributed by atoms with van der Waals surface area (Å²) in [6, 6.07) is 8.43. The number of nitrogens with two attached hydrogens (primary N) is 1. The van der Waals surface area contributed by atoms with Crippen LogP contribution in [0.4, 0.5) is 5.69 Å². The van der Waals surface area contributed by atoms with E-state index in [0.717, 1.165) is 37.2 Å². The second kappa shape index (κ2) is 6.42. The highest BCUT2D eigenvalue weighted by atomic mass is 16.2. The molecule has 1 amide bonds. The molecule has 0 unspecified atom stereocenters. The molecule has 0 aliphatic carbocycles. The molecule has 0 saturated carbocycles. The van der Waals surface area contributed by atoms with E-state index in [9.17, 15) is 4.79 Å². The Hall–Kier alpha value is -2.34. The van der Waals surface area contributed by atoms with Crippen molar-refractivity contribution in [3.63, 3.8) is 0 Å². The summed E-state index contributed by atoms with van der Waals surface area (Å²) in [5, 5.41) is 4.50. The topological polar surface area (TPSA) is 76.2 Å². The first-order chi connectivity index (χ1) is 11.1. The number of rotatable bonds is 4. The number of aromatic nitrogens is 2. The molecule has 1 aromatic carbocycles. The Morgan fingerprint density at radius 1 is 1.43 bits per heavy atom. The summed E-state index contributed by atoms with van der Waals surface area (Å²) in [7, 11) is 0. The molecule has 1 aliphatic heterocycles. The van der Waals surface area contributed by atoms with Crippen LogP contribution in [0, 0.1) is 6.92 Å². The highest BCUT2D eigenvalue weighted by Gasteiger charge is 2.27. The van der Waals surface area contributed by atoms with Crippen LogP contribution in [0.25, 0.3) is 0 Å². The quantitative estimate of drug-likeness (QED) is 0.512. The van der Waals surface area contributed by atoms with E-state index in [4.69, 9.17) is 5.84 Å². The van der Waals surface area contributed by atoms with E-state index in [1.54, 1.807) is 0 Å². The van der Waals surface area contributed by atoms with Gasteiger partial charge in [-0.3, -0.25) is 14.9 Å². The lowest BCUT2D eigenvalue weighted by Crippen LogP contribution is -2.34. The monoisotopic (exact) mass is 313 g/mol. The minimum atomic E-state index is -0.317. The highest BCUT2D eigenvalue weighted by Crippen LogP contribution is 2.27. The molecule has 0 radical (unpaired) electrons. The SMILES string of the molecule is CCCn1nc(C(=O)NN)c2c1CCN(c1cccc(C)c1)C2. The normalized spacial score (nSPS) is 13.8. The predicted octanol–water partition coefficient (Wildman–Crippen LogP) is 1.77. The van der Waals surface area contributed by atoms with Crippen molar-refractivity contribution < 1.29 is 4.79 Å². The molecule has 0 atom stereocenters. The maximum Gasteiger partial charge on any atom is 0.286 e. The number of hydrogen-bond donors (Lipinski definition) is 2. The smallest absolute Gasteiger partial charge is 0.286 e. The first-order valence-electron chi connectivity index (χ1n) is 8.05. The van der Waals surface area contributed by atoms with Crippen molar-refractivity contribution in [1.82, 2.24) is 15.2 Å². The fraction of sp³-hybridized carbons (Fsp3) is 0.412. The van der Waals surface area contributed by atoms with Crippen LogP contribution in [0.5, 0.6) is 0 Å². The average Bonchev–Trinajstić information content (AvgIpc) is 2.92. The van der Waals surface area contributed by atoms with Gasteiger partial charge in [-0.15, -0.1) is 0 Å². The van der Waals surface area contributed by atoms with Crippen LogP contribution < -0.4 is 16.2 Å². The zero-order valence-electron chi connectivity index (χ0n) is 13.7. The van der Waals surface area contributed by atoms with Gasteiger partial charge in [0.1, 0.15) is 0 Å². The molecular weight excluding hydrogens is 290 g/mol. The molecule has 3 rings (SSSR count). The molecule has 2 aromatic rings. The van der Waals surface area contributed by atoms with Crippen molar-refractivity contribution in [2.75, 3.05) is 11.4 Å². The van der Waals surface area contributed by atoms with Gasteiger partial charge in [0.2, 0.25) is 0 Å². The molecule has 2 heterocycles. The third kappa shape index (κ3) is 2.94. The van der Waals surface area contributed by atoms with E-state index in [-0.39, 0.29) is 5.91 Å². The van der Waals surface area contributed by atoms with Gasteiger partial charge in [-0.05, 0) is 31.0 Å². The fourth-order valence-electron chi connectivity index (χ4n) is 3.18. The standard InChI is InChI=1S/C17H23N5O/c1-3-8-22-15-7-9-21(13-6-4-5-12(2)10-13)11-14(15)16(20-22)17(23)19-18/h4-6,10H,3,7-9,11,18H2,1-2H3,(H,19,23). The zero-order valence-corrected chi connectivity index (χ0v) is 13.7. The fourth-order valence-corrected chi connectivity index (χ4v) is 3.18. The number of hydrogen-bond acceptors (Lipinski definition) is 4. The number of nitrogens with zero attached hydrogens (tertiary/aromatic N) is 3. The Morgan fingerprint density at radius 3 is 2.96 bits per heavy atom. The number of carbonyl (C=O) groups is 1. The van der Waals surface area contributed by atoms with Gasteiger partial charge in [0.05, 0.1) is 0 Å². The Morgan fingerprint density at radius 2 is 2.26 bits per heavy atom. The Labute approximate surface area is 136 Å². The molecule has 1 aromatic heterocycles. The summed E-state index contributed by atoms with van der Waals surface area (Å²) >= 11 is 0. The summed E-state index contributed by atoms with van der Waals surface area (Å²) in [6.45, 7) is 6.63. The molecular formula is C17H23N5O. The molecule has 0 saturated heterocycles. The Kier molecular flexibility index (Phi) is 4.34. The number of carbonyl (C=O) groups excluding carboxylic acids is 1. The maximum atomic E-state index is 12.1. The lowest BCUT2D eigenvalue weighted by molar-refractivity contribution is 0.0947. The van der Waals surface area contributed by atoms with Crippen molar-refractivity contribution in [2.45, 2.75) is 39.8 Å². The largest absolute Gasteiger partial charge is 0.367 e. The molecule has 6 heteroatoms. The van der Waals surface area contributed by atoms with Crippen LogP contribution in [0.3, 0.4) is 0 Å². The lowest BCUT2D eigenvalue weighted by atomic mass is 10.0. The molecule has 6 nitrogen and oxygen atoms in total. The van der Waals surface area contributed by atoms with Gasteiger partial charge in [-0.2, -0.15) is 5.10 Å². The molecule has 1 aliphatic rings.